The van der Waals surface area contributed by atoms with Gasteiger partial charge in [0.15, 0.2) is 5.78 Å². The number of hydrogen-bond donors (Lipinski definition) is 1. The van der Waals surface area contributed by atoms with Gasteiger partial charge in [0.1, 0.15) is 23.0 Å². The molecule has 0 bridgehead atoms. The summed E-state index contributed by atoms with van der Waals surface area (Å²) in [5, 5.41) is 6.66. The summed E-state index contributed by atoms with van der Waals surface area (Å²) < 4.78 is 68.0. The SMILES string of the molecule is NCC(=O)c1ccc(CN(C(=O)N2CCOCC2)c2ccc(F)c(Cl)c2)cn1.O=C(N1CCOCC1)N(Cc1ccc(-c2nnc(C(F)F)o2)nc1)c1ccc(F)c(Cl)c1. The lowest BCUT2D eigenvalue weighted by molar-refractivity contribution is 0.0548. The van der Waals surface area contributed by atoms with Crippen molar-refractivity contribution in [2.24, 2.45) is 5.73 Å². The number of halogens is 6. The quantitative estimate of drug-likeness (QED) is 0.116. The summed E-state index contributed by atoms with van der Waals surface area (Å²) in [5.41, 5.74) is 8.03. The Hall–Kier alpha value is -5.73. The van der Waals surface area contributed by atoms with E-state index in [4.69, 9.17) is 42.8 Å². The molecule has 0 aliphatic carbocycles. The number of carbonyl (C=O) groups excluding carboxylic acids is 3. The maximum atomic E-state index is 13.7. The summed E-state index contributed by atoms with van der Waals surface area (Å²) in [6, 6.07) is 14.1. The number of amides is 4. The number of morpholine rings is 2. The molecule has 0 unspecified atom stereocenters. The average Bonchev–Trinajstić information content (AvgIpc) is 3.78. The van der Waals surface area contributed by atoms with Crippen molar-refractivity contribution in [1.82, 2.24) is 30.0 Å². The second kappa shape index (κ2) is 20.5. The van der Waals surface area contributed by atoms with E-state index >= 15 is 0 Å². The monoisotopic (exact) mass is 873 g/mol. The normalized spacial score (nSPS) is 14.1. The van der Waals surface area contributed by atoms with Gasteiger partial charge in [-0.3, -0.25) is 24.6 Å². The van der Waals surface area contributed by atoms with E-state index in [1.807, 2.05) is 0 Å². The van der Waals surface area contributed by atoms with Crippen LogP contribution >= 0.6 is 23.2 Å². The molecule has 2 aromatic carbocycles. The van der Waals surface area contributed by atoms with Crippen molar-refractivity contribution in [1.29, 1.82) is 0 Å². The highest BCUT2D eigenvalue weighted by Gasteiger charge is 2.27. The van der Waals surface area contributed by atoms with Gasteiger partial charge in [-0.15, -0.1) is 10.2 Å². The predicted molar refractivity (Wildman–Crippen MR) is 211 cm³/mol. The van der Waals surface area contributed by atoms with E-state index < -0.39 is 24.0 Å². The van der Waals surface area contributed by atoms with Gasteiger partial charge in [0.2, 0.25) is 0 Å². The topological polar surface area (TPSA) is 173 Å². The maximum absolute atomic E-state index is 13.7. The van der Waals surface area contributed by atoms with E-state index in [1.54, 1.807) is 28.0 Å². The summed E-state index contributed by atoms with van der Waals surface area (Å²) in [7, 11) is 0. The minimum Gasteiger partial charge on any atom is -0.414 e. The second-order valence-corrected chi connectivity index (χ2v) is 13.9. The molecular weight excluding hydrogens is 837 g/mol. The lowest BCUT2D eigenvalue weighted by Gasteiger charge is -2.33. The maximum Gasteiger partial charge on any atom is 0.324 e. The number of Topliss-reactive ketones (excluding diaryl/α,β-unsaturated/α-hetero) is 1. The lowest BCUT2D eigenvalue weighted by Crippen LogP contribution is -2.48. The molecule has 7 rings (SSSR count). The molecule has 5 aromatic rings. The van der Waals surface area contributed by atoms with Crippen LogP contribution in [0, 0.1) is 11.6 Å². The summed E-state index contributed by atoms with van der Waals surface area (Å²) in [4.78, 5) is 52.4. The number of aromatic nitrogens is 4. The number of urea groups is 2. The number of ether oxygens (including phenoxy) is 2. The molecule has 21 heteroatoms. The molecule has 4 amide bonds. The number of alkyl halides is 2. The van der Waals surface area contributed by atoms with Crippen LogP contribution in [-0.2, 0) is 22.6 Å². The molecule has 316 valence electrons. The zero-order valence-electron chi connectivity index (χ0n) is 31.7. The van der Waals surface area contributed by atoms with Gasteiger partial charge in [-0.05, 0) is 59.7 Å². The first-order valence-corrected chi connectivity index (χ1v) is 19.1. The molecule has 0 saturated carbocycles. The zero-order chi connectivity index (χ0) is 42.8. The molecule has 0 spiro atoms. The Morgan fingerprint density at radius 2 is 1.22 bits per heavy atom. The van der Waals surface area contributed by atoms with E-state index in [-0.39, 0.29) is 64.8 Å². The van der Waals surface area contributed by atoms with Gasteiger partial charge in [0.25, 0.3) is 11.8 Å². The van der Waals surface area contributed by atoms with Gasteiger partial charge in [-0.2, -0.15) is 8.78 Å². The van der Waals surface area contributed by atoms with Gasteiger partial charge in [-0.25, -0.2) is 18.4 Å². The number of pyridine rings is 2. The van der Waals surface area contributed by atoms with Crippen LogP contribution < -0.4 is 15.5 Å². The Balaban J connectivity index is 0.000000203. The molecule has 15 nitrogen and oxygen atoms in total. The highest BCUT2D eigenvalue weighted by molar-refractivity contribution is 6.31. The summed E-state index contributed by atoms with van der Waals surface area (Å²) >= 11 is 11.8. The molecule has 3 aromatic heterocycles. The van der Waals surface area contributed by atoms with Crippen molar-refractivity contribution in [2.45, 2.75) is 19.5 Å². The molecule has 60 heavy (non-hydrogen) atoms. The van der Waals surface area contributed by atoms with Crippen LogP contribution in [0.3, 0.4) is 0 Å². The Bertz CT molecular complexity index is 2260. The number of rotatable bonds is 10. The molecule has 2 fully saturated rings. The number of carbonyl (C=O) groups is 3. The van der Waals surface area contributed by atoms with Crippen LogP contribution in [-0.4, -0.2) is 107 Å². The molecule has 0 radical (unpaired) electrons. The van der Waals surface area contributed by atoms with Crippen LogP contribution in [0.15, 0.2) is 77.5 Å². The van der Waals surface area contributed by atoms with Gasteiger partial charge < -0.3 is 29.4 Å². The molecular formula is C39H37Cl2F4N9O6. The van der Waals surface area contributed by atoms with Gasteiger partial charge in [-0.1, -0.05) is 35.3 Å². The summed E-state index contributed by atoms with van der Waals surface area (Å²) in [6.45, 7) is 3.70. The third kappa shape index (κ3) is 11.1. The van der Waals surface area contributed by atoms with Crippen LogP contribution in [0.5, 0.6) is 0 Å². The number of nitrogens with zero attached hydrogens (tertiary/aromatic N) is 8. The fourth-order valence-electron chi connectivity index (χ4n) is 5.92. The van der Waals surface area contributed by atoms with Gasteiger partial charge >= 0.3 is 18.5 Å². The van der Waals surface area contributed by atoms with Crippen molar-refractivity contribution < 1.29 is 45.8 Å². The zero-order valence-corrected chi connectivity index (χ0v) is 33.2. The standard InChI is InChI=1S/C20H17ClF3N5O3.C19H20ClFN4O3/c21-14-9-13(2-3-15(14)22)29(20(30)28-5-7-31-8-6-28)11-12-1-4-16(25-10-12)18-26-27-19(32-18)17(23)24;20-15-9-14(2-3-16(15)21)25(19(27)24-5-7-28-8-6-24)12-13-1-4-17(23-11-13)18(26)10-22/h1-4,9-10,17H,5-8,11H2;1-4,9,11H,5-8,10,12,22H2. The second-order valence-electron chi connectivity index (χ2n) is 13.1. The fraction of sp³-hybridized carbons (Fsp3) is 0.308. The van der Waals surface area contributed by atoms with Crippen LogP contribution in [0.2, 0.25) is 10.0 Å². The smallest absolute Gasteiger partial charge is 0.324 e. The summed E-state index contributed by atoms with van der Waals surface area (Å²) in [5.74, 6) is -2.35. The first-order chi connectivity index (χ1) is 28.9. The van der Waals surface area contributed by atoms with E-state index in [9.17, 15) is 31.9 Å². The van der Waals surface area contributed by atoms with Gasteiger partial charge in [0.05, 0.1) is 56.1 Å². The molecule has 2 aliphatic rings. The van der Waals surface area contributed by atoms with E-state index in [0.717, 1.165) is 0 Å². The first-order valence-electron chi connectivity index (χ1n) is 18.3. The predicted octanol–water partition coefficient (Wildman–Crippen LogP) is 6.79. The van der Waals surface area contributed by atoms with Crippen LogP contribution in [0.25, 0.3) is 11.6 Å². The number of hydrogen-bond acceptors (Lipinski definition) is 11. The Kier molecular flexibility index (Phi) is 15.0. The minimum absolute atomic E-state index is 0.0701. The van der Waals surface area contributed by atoms with Crippen molar-refractivity contribution in [2.75, 3.05) is 69.0 Å². The molecule has 5 heterocycles. The van der Waals surface area contributed by atoms with Crippen molar-refractivity contribution in [3.8, 4) is 11.6 Å². The van der Waals surface area contributed by atoms with E-state index in [0.29, 0.717) is 75.1 Å². The van der Waals surface area contributed by atoms with Crippen LogP contribution in [0.1, 0.15) is 33.9 Å². The largest absolute Gasteiger partial charge is 0.414 e. The fourth-order valence-corrected chi connectivity index (χ4v) is 6.27. The molecule has 2 saturated heterocycles. The van der Waals surface area contributed by atoms with E-state index in [1.165, 1.54) is 64.7 Å². The van der Waals surface area contributed by atoms with Gasteiger partial charge in [0, 0.05) is 49.9 Å². The molecule has 2 aliphatic heterocycles. The number of ketones is 1. The number of anilines is 2. The first kappa shape index (κ1) is 43.8. The third-order valence-corrected chi connectivity index (χ3v) is 9.68. The highest BCUT2D eigenvalue weighted by Crippen LogP contribution is 2.28. The Morgan fingerprint density at radius 1 is 0.717 bits per heavy atom. The minimum atomic E-state index is -2.88. The number of nitrogens with two attached hydrogens (primary N) is 1. The lowest BCUT2D eigenvalue weighted by atomic mass is 10.2. The molecule has 2 N–H and O–H groups in total. The molecule has 0 atom stereocenters. The number of benzene rings is 2. The summed E-state index contributed by atoms with van der Waals surface area (Å²) in [6.07, 6.45) is 0.109. The Morgan fingerprint density at radius 3 is 1.62 bits per heavy atom. The van der Waals surface area contributed by atoms with Crippen molar-refractivity contribution >= 4 is 52.4 Å². The van der Waals surface area contributed by atoms with Crippen molar-refractivity contribution in [3.05, 3.63) is 117 Å². The highest BCUT2D eigenvalue weighted by atomic mass is 35.5. The van der Waals surface area contributed by atoms with E-state index in [2.05, 4.69) is 20.2 Å². The Labute approximate surface area is 350 Å². The van der Waals surface area contributed by atoms with Crippen molar-refractivity contribution in [3.63, 3.8) is 0 Å². The van der Waals surface area contributed by atoms with Crippen LogP contribution in [0.4, 0.5) is 38.5 Å². The average molecular weight is 875 g/mol. The third-order valence-electron chi connectivity index (χ3n) is 9.10.